The first-order valence-corrected chi connectivity index (χ1v) is 5.15. The van der Waals surface area contributed by atoms with E-state index in [1.165, 1.54) is 0 Å². The van der Waals surface area contributed by atoms with Gasteiger partial charge in [0.2, 0.25) is 6.41 Å². The van der Waals surface area contributed by atoms with Gasteiger partial charge < -0.3 is 9.47 Å². The maximum absolute atomic E-state index is 11.7. The summed E-state index contributed by atoms with van der Waals surface area (Å²) >= 11 is 0. The summed E-state index contributed by atoms with van der Waals surface area (Å²) in [5.41, 5.74) is 6.08. The molecule has 3 rings (SSSR count). The van der Waals surface area contributed by atoms with Crippen molar-refractivity contribution in [3.63, 3.8) is 0 Å². The standard InChI is InChI=1S/C12H10N2O2/c15-8-13-5-9-4-10(7-13)11-2-1-3-12(16)14(11)6-9/h1-3,8H,5-7H2. The Bertz CT molecular complexity index is 591. The normalized spacial score (nSPS) is 17.4. The van der Waals surface area contributed by atoms with Crippen molar-refractivity contribution in [1.82, 2.24) is 9.47 Å². The van der Waals surface area contributed by atoms with E-state index in [4.69, 9.17) is 0 Å². The van der Waals surface area contributed by atoms with Gasteiger partial charge in [0, 0.05) is 17.2 Å². The molecule has 0 aromatic carbocycles. The zero-order valence-corrected chi connectivity index (χ0v) is 8.64. The van der Waals surface area contributed by atoms with Crippen molar-refractivity contribution >= 4 is 12.0 Å². The Balaban J connectivity index is 2.17. The molecule has 2 bridgehead atoms. The number of nitrogens with zero attached hydrogens (tertiary/aromatic N) is 2. The van der Waals surface area contributed by atoms with Crippen LogP contribution in [-0.4, -0.2) is 29.0 Å². The summed E-state index contributed by atoms with van der Waals surface area (Å²) in [6, 6.07) is 5.20. The van der Waals surface area contributed by atoms with Crippen LogP contribution in [0.15, 0.2) is 34.3 Å². The Morgan fingerprint density at radius 3 is 2.94 bits per heavy atom. The first-order valence-electron chi connectivity index (χ1n) is 5.15. The number of amides is 1. The van der Waals surface area contributed by atoms with Crippen LogP contribution < -0.4 is 5.56 Å². The molecule has 0 fully saturated rings. The third-order valence-electron chi connectivity index (χ3n) is 2.94. The highest BCUT2D eigenvalue weighted by atomic mass is 16.1. The highest BCUT2D eigenvalue weighted by molar-refractivity contribution is 5.70. The topological polar surface area (TPSA) is 42.3 Å². The quantitative estimate of drug-likeness (QED) is 0.496. The van der Waals surface area contributed by atoms with Gasteiger partial charge in [-0.25, -0.2) is 0 Å². The molecule has 3 heterocycles. The minimum absolute atomic E-state index is 0.00792. The Morgan fingerprint density at radius 2 is 2.12 bits per heavy atom. The Kier molecular flexibility index (Phi) is 1.85. The summed E-state index contributed by atoms with van der Waals surface area (Å²) in [4.78, 5) is 24.1. The van der Waals surface area contributed by atoms with Crippen molar-refractivity contribution in [1.29, 1.82) is 0 Å². The van der Waals surface area contributed by atoms with E-state index in [2.05, 4.69) is 5.73 Å². The average Bonchev–Trinajstić information content (AvgIpc) is 2.30. The van der Waals surface area contributed by atoms with Gasteiger partial charge in [0.05, 0.1) is 25.3 Å². The Hall–Kier alpha value is -2.06. The molecule has 4 nitrogen and oxygen atoms in total. The zero-order valence-electron chi connectivity index (χ0n) is 8.64. The lowest BCUT2D eigenvalue weighted by Gasteiger charge is -2.29. The van der Waals surface area contributed by atoms with Crippen LogP contribution in [0.2, 0.25) is 0 Å². The van der Waals surface area contributed by atoms with E-state index in [1.54, 1.807) is 21.6 Å². The molecule has 0 radical (unpaired) electrons. The fraction of sp³-hybridized carbons (Fsp3) is 0.250. The fourth-order valence-corrected chi connectivity index (χ4v) is 2.24. The van der Waals surface area contributed by atoms with Gasteiger partial charge in [-0.1, -0.05) is 6.07 Å². The van der Waals surface area contributed by atoms with Crippen molar-refractivity contribution in [2.45, 2.75) is 6.54 Å². The molecule has 0 N–H and O–H groups in total. The van der Waals surface area contributed by atoms with Gasteiger partial charge in [-0.05, 0) is 6.07 Å². The van der Waals surface area contributed by atoms with E-state index in [0.717, 1.165) is 23.3 Å². The van der Waals surface area contributed by atoms with Crippen LogP contribution in [-0.2, 0) is 11.3 Å². The van der Waals surface area contributed by atoms with Crippen molar-refractivity contribution in [3.8, 4) is 0 Å². The molecule has 0 spiro atoms. The van der Waals surface area contributed by atoms with Gasteiger partial charge >= 0.3 is 0 Å². The highest BCUT2D eigenvalue weighted by Gasteiger charge is 2.22. The van der Waals surface area contributed by atoms with Crippen LogP contribution in [0.3, 0.4) is 0 Å². The smallest absolute Gasteiger partial charge is 0.251 e. The molecule has 1 aromatic rings. The molecule has 0 saturated carbocycles. The molecule has 1 amide bonds. The van der Waals surface area contributed by atoms with Gasteiger partial charge in [-0.3, -0.25) is 9.59 Å². The second kappa shape index (κ2) is 3.22. The first kappa shape index (κ1) is 9.19. The van der Waals surface area contributed by atoms with Crippen molar-refractivity contribution < 1.29 is 4.79 Å². The number of pyridine rings is 1. The molecule has 1 aromatic heterocycles. The van der Waals surface area contributed by atoms with Gasteiger partial charge in [0.1, 0.15) is 0 Å². The minimum atomic E-state index is 0.00792. The van der Waals surface area contributed by atoms with Crippen molar-refractivity contribution in [3.05, 3.63) is 45.6 Å². The molecule has 0 unspecified atom stereocenters. The maximum Gasteiger partial charge on any atom is 0.251 e. The number of carbonyl (C=O) groups excluding carboxylic acids is 1. The van der Waals surface area contributed by atoms with E-state index in [0.29, 0.717) is 19.6 Å². The lowest BCUT2D eigenvalue weighted by Crippen LogP contribution is -2.36. The molecule has 4 heteroatoms. The van der Waals surface area contributed by atoms with Crippen molar-refractivity contribution in [2.24, 2.45) is 0 Å². The summed E-state index contributed by atoms with van der Waals surface area (Å²) in [6.45, 7) is 1.66. The van der Waals surface area contributed by atoms with E-state index in [9.17, 15) is 9.59 Å². The van der Waals surface area contributed by atoms with E-state index in [1.807, 2.05) is 6.07 Å². The summed E-state index contributed by atoms with van der Waals surface area (Å²) in [6.07, 6.45) is 0.845. The molecule has 0 aliphatic carbocycles. The maximum atomic E-state index is 11.7. The largest absolute Gasteiger partial charge is 0.336 e. The molecule has 0 atom stereocenters. The van der Waals surface area contributed by atoms with Crippen LogP contribution in [0.4, 0.5) is 0 Å². The predicted octanol–water partition coefficient (Wildman–Crippen LogP) is 0.243. The van der Waals surface area contributed by atoms with Gasteiger partial charge in [-0.15, -0.1) is 5.73 Å². The third kappa shape index (κ3) is 1.24. The molecule has 80 valence electrons. The van der Waals surface area contributed by atoms with Gasteiger partial charge in [0.15, 0.2) is 0 Å². The van der Waals surface area contributed by atoms with Crippen LogP contribution in [0.5, 0.6) is 0 Å². The van der Waals surface area contributed by atoms with E-state index < -0.39 is 0 Å². The number of aromatic nitrogens is 1. The number of carbonyl (C=O) groups is 1. The number of hydrogen-bond acceptors (Lipinski definition) is 2. The summed E-state index contributed by atoms with van der Waals surface area (Å²) < 4.78 is 1.74. The monoisotopic (exact) mass is 214 g/mol. The molecular formula is C12H10N2O2. The second-order valence-electron chi connectivity index (χ2n) is 4.05. The summed E-state index contributed by atoms with van der Waals surface area (Å²) in [5, 5.41) is 0. The number of hydrogen-bond donors (Lipinski definition) is 0. The number of fused-ring (bicyclic) bond motifs is 2. The second-order valence-corrected chi connectivity index (χ2v) is 4.05. The molecule has 16 heavy (non-hydrogen) atoms. The fourth-order valence-electron chi connectivity index (χ4n) is 2.24. The molecule has 2 aliphatic heterocycles. The lowest BCUT2D eigenvalue weighted by molar-refractivity contribution is -0.117. The van der Waals surface area contributed by atoms with Crippen LogP contribution in [0.1, 0.15) is 5.69 Å². The summed E-state index contributed by atoms with van der Waals surface area (Å²) in [7, 11) is 0. The van der Waals surface area contributed by atoms with Crippen molar-refractivity contribution in [2.75, 3.05) is 13.1 Å². The van der Waals surface area contributed by atoms with Crippen LogP contribution in [0, 0.1) is 0 Å². The van der Waals surface area contributed by atoms with Crippen LogP contribution in [0.25, 0.3) is 5.57 Å². The highest BCUT2D eigenvalue weighted by Crippen LogP contribution is 2.23. The minimum Gasteiger partial charge on any atom is -0.336 e. The van der Waals surface area contributed by atoms with E-state index >= 15 is 0 Å². The predicted molar refractivity (Wildman–Crippen MR) is 58.8 cm³/mol. The Morgan fingerprint density at radius 1 is 1.25 bits per heavy atom. The zero-order chi connectivity index (χ0) is 11.1. The molecule has 0 saturated heterocycles. The molecule has 2 aliphatic rings. The van der Waals surface area contributed by atoms with Gasteiger partial charge in [-0.2, -0.15) is 0 Å². The van der Waals surface area contributed by atoms with Crippen LogP contribution >= 0.6 is 0 Å². The third-order valence-corrected chi connectivity index (χ3v) is 2.94. The summed E-state index contributed by atoms with van der Waals surface area (Å²) in [5.74, 6) is 0. The average molecular weight is 214 g/mol. The number of rotatable bonds is 1. The molecular weight excluding hydrogens is 204 g/mol. The lowest BCUT2D eigenvalue weighted by atomic mass is 10.0. The first-order chi connectivity index (χ1) is 7.78. The van der Waals surface area contributed by atoms with Gasteiger partial charge in [0.25, 0.3) is 5.56 Å². The van der Waals surface area contributed by atoms with E-state index in [-0.39, 0.29) is 5.56 Å². The Labute approximate surface area is 92.1 Å². The SMILES string of the molecule is O=CN1CC2=C=C(C1)c1cccc(=O)n1C2.